The summed E-state index contributed by atoms with van der Waals surface area (Å²) in [7, 11) is 0. The van der Waals surface area contributed by atoms with Gasteiger partial charge >= 0.3 is 0 Å². The lowest BCUT2D eigenvalue weighted by molar-refractivity contribution is 0.0671. The van der Waals surface area contributed by atoms with Crippen LogP contribution in [0.3, 0.4) is 0 Å². The third kappa shape index (κ3) is 6.85. The molecule has 0 spiro atoms. The summed E-state index contributed by atoms with van der Waals surface area (Å²) in [6.07, 6.45) is 1.32. The molecule has 0 fully saturated rings. The number of hydrogen-bond donors (Lipinski definition) is 0. The van der Waals surface area contributed by atoms with E-state index in [9.17, 15) is 0 Å². The average Bonchev–Trinajstić information content (AvgIpc) is 1.97. The Morgan fingerprint density at radius 3 is 2.73 bits per heavy atom. The van der Waals surface area contributed by atoms with Gasteiger partial charge in [0.1, 0.15) is 6.10 Å². The van der Waals surface area contributed by atoms with E-state index in [1.807, 2.05) is 20.8 Å². The molecular formula is C8H14N2O. The Balaban J connectivity index is 3.46. The van der Waals surface area contributed by atoms with Gasteiger partial charge in [-0.25, -0.2) is 0 Å². The number of rotatable bonds is 4. The summed E-state index contributed by atoms with van der Waals surface area (Å²) < 4.78 is 0. The summed E-state index contributed by atoms with van der Waals surface area (Å²) in [4.78, 5) is 5.04. The zero-order valence-corrected chi connectivity index (χ0v) is 7.29. The molecule has 0 aromatic heterocycles. The Hall–Kier alpha value is -1.04. The van der Waals surface area contributed by atoms with Crippen molar-refractivity contribution in [3.05, 3.63) is 0 Å². The van der Waals surface area contributed by atoms with Gasteiger partial charge in [-0.2, -0.15) is 5.26 Å². The fraction of sp³-hybridized carbons (Fsp3) is 0.750. The molecule has 0 rings (SSSR count). The van der Waals surface area contributed by atoms with Crippen molar-refractivity contribution in [2.45, 2.75) is 39.7 Å². The van der Waals surface area contributed by atoms with E-state index in [0.29, 0.717) is 6.42 Å². The molecule has 0 radical (unpaired) electrons. The molecule has 3 nitrogen and oxygen atoms in total. The standard InChI is InChI=1S/C8H14N2O/c1-7(2)10-11-8(3)5-4-6-9/h8H,4-5H2,1-3H3/t8-/m1/s1. The van der Waals surface area contributed by atoms with Crippen LogP contribution in [0.2, 0.25) is 0 Å². The van der Waals surface area contributed by atoms with Crippen LogP contribution in [-0.2, 0) is 4.84 Å². The van der Waals surface area contributed by atoms with E-state index in [1.165, 1.54) is 0 Å². The molecular weight excluding hydrogens is 140 g/mol. The third-order valence-corrected chi connectivity index (χ3v) is 1.08. The smallest absolute Gasteiger partial charge is 0.125 e. The van der Waals surface area contributed by atoms with E-state index in [2.05, 4.69) is 11.2 Å². The van der Waals surface area contributed by atoms with E-state index < -0.39 is 0 Å². The molecule has 0 N–H and O–H groups in total. The molecule has 3 heteroatoms. The van der Waals surface area contributed by atoms with Crippen LogP contribution >= 0.6 is 0 Å². The maximum atomic E-state index is 8.25. The Morgan fingerprint density at radius 1 is 1.64 bits per heavy atom. The van der Waals surface area contributed by atoms with E-state index >= 15 is 0 Å². The van der Waals surface area contributed by atoms with E-state index in [1.54, 1.807) is 0 Å². The van der Waals surface area contributed by atoms with Crippen LogP contribution in [-0.4, -0.2) is 11.8 Å². The van der Waals surface area contributed by atoms with Gasteiger partial charge in [-0.05, 0) is 27.2 Å². The molecule has 0 saturated heterocycles. The van der Waals surface area contributed by atoms with Crippen LogP contribution in [0, 0.1) is 11.3 Å². The Morgan fingerprint density at radius 2 is 2.27 bits per heavy atom. The van der Waals surface area contributed by atoms with Crippen molar-refractivity contribution in [1.82, 2.24) is 0 Å². The number of nitrogens with zero attached hydrogens (tertiary/aromatic N) is 2. The first kappa shape index (κ1) is 9.96. The van der Waals surface area contributed by atoms with Crippen LogP contribution in [0.25, 0.3) is 0 Å². The van der Waals surface area contributed by atoms with Crippen molar-refractivity contribution in [3.63, 3.8) is 0 Å². The van der Waals surface area contributed by atoms with E-state index in [4.69, 9.17) is 10.1 Å². The summed E-state index contributed by atoms with van der Waals surface area (Å²) in [5.74, 6) is 0. The molecule has 62 valence electrons. The topological polar surface area (TPSA) is 45.4 Å². The van der Waals surface area contributed by atoms with Crippen LogP contribution in [0.1, 0.15) is 33.6 Å². The third-order valence-electron chi connectivity index (χ3n) is 1.08. The highest BCUT2D eigenvalue weighted by molar-refractivity contribution is 5.78. The second kappa shape index (κ2) is 5.72. The Kier molecular flexibility index (Phi) is 5.18. The van der Waals surface area contributed by atoms with Crippen molar-refractivity contribution in [1.29, 1.82) is 5.26 Å². The van der Waals surface area contributed by atoms with Gasteiger partial charge < -0.3 is 4.84 Å². The maximum Gasteiger partial charge on any atom is 0.125 e. The normalized spacial score (nSPS) is 11.5. The minimum absolute atomic E-state index is 0.0459. The van der Waals surface area contributed by atoms with Gasteiger partial charge in [0.25, 0.3) is 0 Å². The molecule has 0 bridgehead atoms. The van der Waals surface area contributed by atoms with Gasteiger partial charge in [-0.15, -0.1) is 0 Å². The second-order valence-electron chi connectivity index (χ2n) is 2.65. The predicted molar refractivity (Wildman–Crippen MR) is 44.2 cm³/mol. The fourth-order valence-electron chi connectivity index (χ4n) is 0.516. The molecule has 0 unspecified atom stereocenters. The molecule has 0 amide bonds. The lowest BCUT2D eigenvalue weighted by Crippen LogP contribution is -2.04. The average molecular weight is 154 g/mol. The monoisotopic (exact) mass is 154 g/mol. The number of nitriles is 1. The highest BCUT2D eigenvalue weighted by Gasteiger charge is 1.99. The van der Waals surface area contributed by atoms with Crippen LogP contribution in [0.15, 0.2) is 5.16 Å². The fourth-order valence-corrected chi connectivity index (χ4v) is 0.516. The quantitative estimate of drug-likeness (QED) is 0.459. The first-order valence-corrected chi connectivity index (χ1v) is 3.70. The first-order chi connectivity index (χ1) is 5.16. The zero-order chi connectivity index (χ0) is 8.69. The van der Waals surface area contributed by atoms with Gasteiger partial charge in [-0.1, -0.05) is 5.16 Å². The van der Waals surface area contributed by atoms with Crippen molar-refractivity contribution < 1.29 is 4.84 Å². The number of oxime groups is 1. The summed E-state index contributed by atoms with van der Waals surface area (Å²) in [5, 5.41) is 12.0. The van der Waals surface area contributed by atoms with Crippen LogP contribution in [0.4, 0.5) is 0 Å². The van der Waals surface area contributed by atoms with Crippen molar-refractivity contribution in [2.75, 3.05) is 0 Å². The molecule has 0 saturated carbocycles. The highest BCUT2D eigenvalue weighted by atomic mass is 16.6. The van der Waals surface area contributed by atoms with E-state index in [0.717, 1.165) is 12.1 Å². The molecule has 1 atom stereocenters. The van der Waals surface area contributed by atoms with Gasteiger partial charge in [0.15, 0.2) is 0 Å². The molecule has 0 aliphatic carbocycles. The lowest BCUT2D eigenvalue weighted by atomic mass is 10.2. The zero-order valence-electron chi connectivity index (χ0n) is 7.29. The lowest BCUT2D eigenvalue weighted by Gasteiger charge is -2.06. The summed E-state index contributed by atoms with van der Waals surface area (Å²) in [6.45, 7) is 5.65. The second-order valence-corrected chi connectivity index (χ2v) is 2.65. The van der Waals surface area contributed by atoms with Crippen LogP contribution in [0.5, 0.6) is 0 Å². The molecule has 0 aliphatic heterocycles. The van der Waals surface area contributed by atoms with Crippen molar-refractivity contribution >= 4 is 5.71 Å². The largest absolute Gasteiger partial charge is 0.393 e. The Labute approximate surface area is 67.6 Å². The Bertz CT molecular complexity index is 165. The molecule has 0 aliphatic rings. The molecule has 11 heavy (non-hydrogen) atoms. The SMILES string of the molecule is CC(C)=NO[C@H](C)CCC#N. The maximum absolute atomic E-state index is 8.25. The summed E-state index contributed by atoms with van der Waals surface area (Å²) in [6, 6.07) is 2.06. The minimum Gasteiger partial charge on any atom is -0.393 e. The summed E-state index contributed by atoms with van der Waals surface area (Å²) in [5.41, 5.74) is 0.897. The van der Waals surface area contributed by atoms with E-state index in [-0.39, 0.29) is 6.10 Å². The molecule has 0 aromatic carbocycles. The van der Waals surface area contributed by atoms with Gasteiger partial charge in [-0.3, -0.25) is 0 Å². The van der Waals surface area contributed by atoms with Crippen LogP contribution < -0.4 is 0 Å². The first-order valence-electron chi connectivity index (χ1n) is 3.70. The minimum atomic E-state index is 0.0459. The molecule has 0 heterocycles. The van der Waals surface area contributed by atoms with Gasteiger partial charge in [0.05, 0.1) is 11.8 Å². The number of hydrogen-bond acceptors (Lipinski definition) is 3. The predicted octanol–water partition coefficient (Wildman–Crippen LogP) is 2.09. The summed E-state index contributed by atoms with van der Waals surface area (Å²) >= 11 is 0. The highest BCUT2D eigenvalue weighted by Crippen LogP contribution is 2.00. The molecule has 0 aromatic rings. The van der Waals surface area contributed by atoms with Crippen molar-refractivity contribution in [2.24, 2.45) is 5.16 Å². The van der Waals surface area contributed by atoms with Gasteiger partial charge in [0.2, 0.25) is 0 Å². The van der Waals surface area contributed by atoms with Gasteiger partial charge in [0, 0.05) is 6.42 Å². The van der Waals surface area contributed by atoms with Crippen molar-refractivity contribution in [3.8, 4) is 6.07 Å².